The largest absolute Gasteiger partial charge is 0.366 e. The van der Waals surface area contributed by atoms with Crippen LogP contribution in [0.2, 0.25) is 0 Å². The molecule has 0 atom stereocenters. The molecule has 2 N–H and O–H groups in total. The number of carbonyl (C=O) groups is 1. The summed E-state index contributed by atoms with van der Waals surface area (Å²) in [6, 6.07) is 0. The molecule has 0 unspecified atom stereocenters. The van der Waals surface area contributed by atoms with Crippen LogP contribution in [0.1, 0.15) is 5.56 Å². The Labute approximate surface area is 98.5 Å². The van der Waals surface area contributed by atoms with E-state index in [1.54, 1.807) is 0 Å². The van der Waals surface area contributed by atoms with Crippen molar-refractivity contribution in [2.45, 2.75) is 4.90 Å². The first-order valence-corrected chi connectivity index (χ1v) is 5.50. The standard InChI is InChI=1S/C10H7F4NOS/c1-17-10-8(13)6(11)4(2-3-5(15)16)7(12)9(10)14/h2-3H,1H3,(H2,15,16)/b3-2+. The fourth-order valence-corrected chi connectivity index (χ4v) is 1.66. The zero-order chi connectivity index (χ0) is 13.2. The number of thioether (sulfide) groups is 1. The normalized spacial score (nSPS) is 11.1. The molecule has 0 spiro atoms. The van der Waals surface area contributed by atoms with Crippen LogP contribution in [0, 0.1) is 23.3 Å². The summed E-state index contributed by atoms with van der Waals surface area (Å²) < 4.78 is 53.2. The van der Waals surface area contributed by atoms with Gasteiger partial charge in [-0.05, 0) is 12.3 Å². The zero-order valence-corrected chi connectivity index (χ0v) is 9.38. The van der Waals surface area contributed by atoms with Crippen LogP contribution >= 0.6 is 11.8 Å². The maximum Gasteiger partial charge on any atom is 0.241 e. The minimum atomic E-state index is -1.56. The van der Waals surface area contributed by atoms with Gasteiger partial charge in [0.05, 0.1) is 10.5 Å². The van der Waals surface area contributed by atoms with Gasteiger partial charge in [0.2, 0.25) is 5.91 Å². The third-order valence-electron chi connectivity index (χ3n) is 1.88. The van der Waals surface area contributed by atoms with Gasteiger partial charge < -0.3 is 5.73 Å². The van der Waals surface area contributed by atoms with Gasteiger partial charge >= 0.3 is 0 Å². The number of benzene rings is 1. The first-order valence-electron chi connectivity index (χ1n) is 4.27. The van der Waals surface area contributed by atoms with Crippen LogP contribution < -0.4 is 5.73 Å². The molecular weight excluding hydrogens is 258 g/mol. The molecule has 0 saturated carbocycles. The molecule has 0 radical (unpaired) electrons. The molecule has 17 heavy (non-hydrogen) atoms. The first kappa shape index (κ1) is 13.6. The highest BCUT2D eigenvalue weighted by Crippen LogP contribution is 2.30. The predicted molar refractivity (Wildman–Crippen MR) is 56.3 cm³/mol. The second-order valence-corrected chi connectivity index (χ2v) is 3.76. The Morgan fingerprint density at radius 3 is 1.94 bits per heavy atom. The minimum Gasteiger partial charge on any atom is -0.366 e. The van der Waals surface area contributed by atoms with E-state index < -0.39 is 39.6 Å². The van der Waals surface area contributed by atoms with E-state index in [1.165, 1.54) is 6.26 Å². The number of nitrogens with two attached hydrogens (primary N) is 1. The second-order valence-electron chi connectivity index (χ2n) is 2.94. The fraction of sp³-hybridized carbons (Fsp3) is 0.100. The van der Waals surface area contributed by atoms with Crippen LogP contribution in [0.25, 0.3) is 6.08 Å². The van der Waals surface area contributed by atoms with Crippen LogP contribution in [0.15, 0.2) is 11.0 Å². The summed E-state index contributed by atoms with van der Waals surface area (Å²) in [6.45, 7) is 0. The lowest BCUT2D eigenvalue weighted by atomic mass is 10.1. The Hall–Kier alpha value is -1.50. The summed E-state index contributed by atoms with van der Waals surface area (Å²) in [7, 11) is 0. The summed E-state index contributed by atoms with van der Waals surface area (Å²) in [5.41, 5.74) is 3.73. The third-order valence-corrected chi connectivity index (χ3v) is 2.64. The van der Waals surface area contributed by atoms with Crippen molar-refractivity contribution in [3.05, 3.63) is 34.9 Å². The summed E-state index contributed by atoms with van der Waals surface area (Å²) >= 11 is 0.538. The van der Waals surface area contributed by atoms with Crippen molar-refractivity contribution in [3.63, 3.8) is 0 Å². The van der Waals surface area contributed by atoms with E-state index in [0.717, 1.165) is 0 Å². The molecule has 1 aromatic rings. The Bertz CT molecular complexity index is 473. The molecule has 7 heteroatoms. The highest BCUT2D eigenvalue weighted by Gasteiger charge is 2.23. The van der Waals surface area contributed by atoms with Crippen molar-refractivity contribution in [1.82, 2.24) is 0 Å². The van der Waals surface area contributed by atoms with Gasteiger partial charge in [-0.25, -0.2) is 17.6 Å². The second kappa shape index (κ2) is 5.22. The summed E-state index contributed by atoms with van der Waals surface area (Å²) in [6.07, 6.45) is 2.47. The maximum absolute atomic E-state index is 13.3. The van der Waals surface area contributed by atoms with E-state index in [-0.39, 0.29) is 0 Å². The van der Waals surface area contributed by atoms with Gasteiger partial charge in [0, 0.05) is 6.08 Å². The average molecular weight is 265 g/mol. The molecule has 0 fully saturated rings. The van der Waals surface area contributed by atoms with E-state index in [9.17, 15) is 22.4 Å². The van der Waals surface area contributed by atoms with E-state index in [4.69, 9.17) is 5.73 Å². The zero-order valence-electron chi connectivity index (χ0n) is 8.56. The molecule has 0 heterocycles. The number of hydrogen-bond acceptors (Lipinski definition) is 2. The topological polar surface area (TPSA) is 43.1 Å². The van der Waals surface area contributed by atoms with Crippen LogP contribution in [-0.2, 0) is 4.79 Å². The quantitative estimate of drug-likeness (QED) is 0.395. The van der Waals surface area contributed by atoms with E-state index >= 15 is 0 Å². The lowest BCUT2D eigenvalue weighted by Crippen LogP contribution is -2.07. The molecule has 0 bridgehead atoms. The molecule has 2 nitrogen and oxygen atoms in total. The highest BCUT2D eigenvalue weighted by atomic mass is 32.2. The van der Waals surface area contributed by atoms with Gasteiger partial charge in [-0.15, -0.1) is 11.8 Å². The van der Waals surface area contributed by atoms with Crippen LogP contribution in [0.3, 0.4) is 0 Å². The van der Waals surface area contributed by atoms with Gasteiger partial charge in [0.25, 0.3) is 0 Å². The van der Waals surface area contributed by atoms with E-state index in [1.807, 2.05) is 0 Å². The molecule has 1 aromatic carbocycles. The SMILES string of the molecule is CSc1c(F)c(F)c(/C=C/C(N)=O)c(F)c1F. The number of hydrogen-bond donors (Lipinski definition) is 1. The minimum absolute atomic E-state index is 0.538. The Morgan fingerprint density at radius 2 is 1.59 bits per heavy atom. The van der Waals surface area contributed by atoms with E-state index in [2.05, 4.69) is 0 Å². The van der Waals surface area contributed by atoms with Crippen LogP contribution in [0.5, 0.6) is 0 Å². The number of halogens is 4. The maximum atomic E-state index is 13.3. The van der Waals surface area contributed by atoms with Crippen LogP contribution in [-0.4, -0.2) is 12.2 Å². The van der Waals surface area contributed by atoms with Crippen molar-refractivity contribution in [2.75, 3.05) is 6.26 Å². The molecule has 0 aliphatic carbocycles. The van der Waals surface area contributed by atoms with Gasteiger partial charge in [-0.2, -0.15) is 0 Å². The first-order chi connectivity index (χ1) is 7.90. The van der Waals surface area contributed by atoms with Crippen molar-refractivity contribution in [3.8, 4) is 0 Å². The highest BCUT2D eigenvalue weighted by molar-refractivity contribution is 7.98. The van der Waals surface area contributed by atoms with Gasteiger partial charge in [0.15, 0.2) is 23.3 Å². The Kier molecular flexibility index (Phi) is 4.17. The molecule has 1 rings (SSSR count). The lowest BCUT2D eigenvalue weighted by Gasteiger charge is -2.07. The number of rotatable bonds is 3. The number of carbonyl (C=O) groups excluding carboxylic acids is 1. The molecule has 0 aliphatic heterocycles. The monoisotopic (exact) mass is 265 g/mol. The van der Waals surface area contributed by atoms with Crippen molar-refractivity contribution in [1.29, 1.82) is 0 Å². The molecule has 0 saturated heterocycles. The molecule has 1 amide bonds. The number of amides is 1. The van der Waals surface area contributed by atoms with Crippen molar-refractivity contribution < 1.29 is 22.4 Å². The van der Waals surface area contributed by atoms with Crippen molar-refractivity contribution in [2.24, 2.45) is 5.73 Å². The van der Waals surface area contributed by atoms with Gasteiger partial charge in [-0.3, -0.25) is 4.79 Å². The summed E-state index contributed by atoms with van der Waals surface area (Å²) in [5, 5.41) is 0. The smallest absolute Gasteiger partial charge is 0.241 e. The predicted octanol–water partition coefficient (Wildman–Crippen LogP) is 2.46. The van der Waals surface area contributed by atoms with Gasteiger partial charge in [-0.1, -0.05) is 0 Å². The third kappa shape index (κ3) is 2.60. The molecular formula is C10H7F4NOS. The van der Waals surface area contributed by atoms with E-state index in [0.29, 0.717) is 23.9 Å². The lowest BCUT2D eigenvalue weighted by molar-refractivity contribution is -0.113. The fourth-order valence-electron chi connectivity index (χ4n) is 1.12. The Balaban J connectivity index is 3.48. The number of primary amides is 1. The van der Waals surface area contributed by atoms with Crippen molar-refractivity contribution >= 4 is 23.7 Å². The summed E-state index contributed by atoms with van der Waals surface area (Å²) in [4.78, 5) is 9.63. The molecule has 92 valence electrons. The average Bonchev–Trinajstić information content (AvgIpc) is 2.27. The molecule has 0 aromatic heterocycles. The van der Waals surface area contributed by atoms with Gasteiger partial charge in [0.1, 0.15) is 0 Å². The molecule has 0 aliphatic rings. The Morgan fingerprint density at radius 1 is 1.12 bits per heavy atom. The summed E-state index contributed by atoms with van der Waals surface area (Å²) in [5.74, 6) is -7.11. The van der Waals surface area contributed by atoms with Crippen LogP contribution in [0.4, 0.5) is 17.6 Å².